The maximum Gasteiger partial charge on any atom is 0.173 e. The van der Waals surface area contributed by atoms with Gasteiger partial charge in [0.25, 0.3) is 0 Å². The lowest BCUT2D eigenvalue weighted by atomic mass is 10.0. The molecule has 0 spiro atoms. The average Bonchev–Trinajstić information content (AvgIpc) is 2.97. The van der Waals surface area contributed by atoms with Crippen LogP contribution in [0.1, 0.15) is 27.9 Å². The van der Waals surface area contributed by atoms with Gasteiger partial charge in [0.05, 0.1) is 6.54 Å². The fourth-order valence-corrected chi connectivity index (χ4v) is 3.92. The minimum Gasteiger partial charge on any atom is -0.357 e. The molecule has 0 unspecified atom stereocenters. The van der Waals surface area contributed by atoms with Crippen LogP contribution in [0.2, 0.25) is 0 Å². The van der Waals surface area contributed by atoms with Crippen LogP contribution < -0.4 is 5.32 Å². The van der Waals surface area contributed by atoms with E-state index in [9.17, 15) is 0 Å². The van der Waals surface area contributed by atoms with Crippen LogP contribution in [0.3, 0.4) is 0 Å². The molecule has 0 amide bonds. The second-order valence-electron chi connectivity index (χ2n) is 6.98. The standard InChI is InChI=1S/C21H23N3S/c1-13-10-15(3)19(11-14(13)2)23-21(25)24-9-8-17-16-6-4-5-7-18(16)22-20(17)12-24/h4-7,10-11,22H,8-9,12H2,1-3H3,(H,23,25). The van der Waals surface area contributed by atoms with E-state index in [-0.39, 0.29) is 0 Å². The van der Waals surface area contributed by atoms with Gasteiger partial charge in [0.1, 0.15) is 0 Å². The molecule has 0 bridgehead atoms. The fraction of sp³-hybridized carbons (Fsp3) is 0.286. The minimum absolute atomic E-state index is 0.802. The molecule has 1 aliphatic heterocycles. The highest BCUT2D eigenvalue weighted by molar-refractivity contribution is 7.80. The molecule has 0 atom stereocenters. The smallest absolute Gasteiger partial charge is 0.173 e. The first kappa shape index (κ1) is 16.2. The van der Waals surface area contributed by atoms with E-state index < -0.39 is 0 Å². The summed E-state index contributed by atoms with van der Waals surface area (Å²) in [4.78, 5) is 5.82. The molecule has 1 aromatic heterocycles. The van der Waals surface area contributed by atoms with Crippen LogP contribution in [0.4, 0.5) is 5.69 Å². The highest BCUT2D eigenvalue weighted by atomic mass is 32.1. The number of aromatic amines is 1. The normalized spacial score (nSPS) is 13.8. The van der Waals surface area contributed by atoms with Crippen molar-refractivity contribution in [1.29, 1.82) is 0 Å². The largest absolute Gasteiger partial charge is 0.357 e. The Morgan fingerprint density at radius 1 is 1.08 bits per heavy atom. The minimum atomic E-state index is 0.802. The van der Waals surface area contributed by atoms with Crippen molar-refractivity contribution in [3.05, 3.63) is 64.3 Å². The zero-order chi connectivity index (χ0) is 17.6. The van der Waals surface area contributed by atoms with E-state index in [0.29, 0.717) is 0 Å². The van der Waals surface area contributed by atoms with Gasteiger partial charge in [0.15, 0.2) is 5.11 Å². The molecule has 2 heterocycles. The molecule has 0 saturated carbocycles. The molecule has 0 saturated heterocycles. The van der Waals surface area contributed by atoms with Crippen molar-refractivity contribution in [2.75, 3.05) is 11.9 Å². The van der Waals surface area contributed by atoms with E-state index in [2.05, 4.69) is 72.4 Å². The molecule has 1 aliphatic rings. The van der Waals surface area contributed by atoms with Gasteiger partial charge in [-0.15, -0.1) is 0 Å². The van der Waals surface area contributed by atoms with Crippen molar-refractivity contribution in [1.82, 2.24) is 9.88 Å². The highest BCUT2D eigenvalue weighted by Gasteiger charge is 2.22. The van der Waals surface area contributed by atoms with Gasteiger partial charge in [0, 0.05) is 28.8 Å². The van der Waals surface area contributed by atoms with E-state index in [4.69, 9.17) is 12.2 Å². The van der Waals surface area contributed by atoms with Crippen LogP contribution in [-0.4, -0.2) is 21.5 Å². The SMILES string of the molecule is Cc1cc(C)c(NC(=S)N2CCc3c([nH]c4ccccc34)C2)cc1C. The molecule has 3 nitrogen and oxygen atoms in total. The van der Waals surface area contributed by atoms with Gasteiger partial charge in [-0.05, 0) is 73.8 Å². The molecule has 2 N–H and O–H groups in total. The summed E-state index contributed by atoms with van der Waals surface area (Å²) >= 11 is 5.70. The molecular formula is C21H23N3S. The van der Waals surface area contributed by atoms with Crippen molar-refractivity contribution in [3.8, 4) is 0 Å². The van der Waals surface area contributed by atoms with E-state index >= 15 is 0 Å². The van der Waals surface area contributed by atoms with Gasteiger partial charge in [-0.1, -0.05) is 24.3 Å². The van der Waals surface area contributed by atoms with Crippen LogP contribution in [0.25, 0.3) is 10.9 Å². The lowest BCUT2D eigenvalue weighted by Crippen LogP contribution is -2.38. The lowest BCUT2D eigenvalue weighted by Gasteiger charge is -2.30. The second kappa shape index (κ2) is 6.19. The van der Waals surface area contributed by atoms with E-state index in [1.807, 2.05) is 0 Å². The number of nitrogens with one attached hydrogen (secondary N) is 2. The number of benzene rings is 2. The van der Waals surface area contributed by atoms with Crippen LogP contribution in [0, 0.1) is 20.8 Å². The topological polar surface area (TPSA) is 31.1 Å². The number of anilines is 1. The molecule has 4 rings (SSSR count). The Morgan fingerprint density at radius 3 is 2.68 bits per heavy atom. The summed E-state index contributed by atoms with van der Waals surface area (Å²) < 4.78 is 0. The Kier molecular flexibility index (Phi) is 4.00. The number of para-hydroxylation sites is 1. The predicted molar refractivity (Wildman–Crippen MR) is 109 cm³/mol. The number of nitrogens with zero attached hydrogens (tertiary/aromatic N) is 1. The first-order valence-electron chi connectivity index (χ1n) is 8.75. The maximum atomic E-state index is 5.70. The quantitative estimate of drug-likeness (QED) is 0.616. The number of thiocarbonyl (C=S) groups is 1. The van der Waals surface area contributed by atoms with E-state index in [0.717, 1.165) is 30.3 Å². The molecule has 4 heteroatoms. The molecule has 25 heavy (non-hydrogen) atoms. The maximum absolute atomic E-state index is 5.70. The number of fused-ring (bicyclic) bond motifs is 3. The number of hydrogen-bond donors (Lipinski definition) is 2. The molecule has 0 fully saturated rings. The first-order valence-corrected chi connectivity index (χ1v) is 9.16. The summed E-state index contributed by atoms with van der Waals surface area (Å²) in [5.74, 6) is 0. The Bertz CT molecular complexity index is 971. The summed E-state index contributed by atoms with van der Waals surface area (Å²) in [6.07, 6.45) is 1.02. The summed E-state index contributed by atoms with van der Waals surface area (Å²) in [5.41, 5.74) is 8.88. The van der Waals surface area contributed by atoms with Crippen molar-refractivity contribution in [2.24, 2.45) is 0 Å². The van der Waals surface area contributed by atoms with Gasteiger partial charge in [-0.3, -0.25) is 0 Å². The van der Waals surface area contributed by atoms with Gasteiger partial charge < -0.3 is 15.2 Å². The van der Waals surface area contributed by atoms with Crippen LogP contribution in [0.5, 0.6) is 0 Å². The molecule has 3 aromatic rings. The zero-order valence-electron chi connectivity index (χ0n) is 14.9. The van der Waals surface area contributed by atoms with Crippen molar-refractivity contribution < 1.29 is 0 Å². The summed E-state index contributed by atoms with van der Waals surface area (Å²) in [7, 11) is 0. The van der Waals surface area contributed by atoms with Crippen LogP contribution in [0.15, 0.2) is 36.4 Å². The monoisotopic (exact) mass is 349 g/mol. The first-order chi connectivity index (χ1) is 12.0. The summed E-state index contributed by atoms with van der Waals surface area (Å²) in [6, 6.07) is 12.9. The second-order valence-corrected chi connectivity index (χ2v) is 7.37. The Morgan fingerprint density at radius 2 is 1.84 bits per heavy atom. The van der Waals surface area contributed by atoms with Crippen molar-refractivity contribution in [3.63, 3.8) is 0 Å². The van der Waals surface area contributed by atoms with Gasteiger partial charge in [-0.2, -0.15) is 0 Å². The fourth-order valence-electron chi connectivity index (χ4n) is 3.66. The van der Waals surface area contributed by atoms with Crippen LogP contribution in [-0.2, 0) is 13.0 Å². The van der Waals surface area contributed by atoms with Crippen molar-refractivity contribution in [2.45, 2.75) is 33.7 Å². The molecule has 128 valence electrons. The van der Waals surface area contributed by atoms with E-state index in [1.54, 1.807) is 0 Å². The predicted octanol–water partition coefficient (Wildman–Crippen LogP) is 4.85. The van der Waals surface area contributed by atoms with Gasteiger partial charge >= 0.3 is 0 Å². The number of aromatic nitrogens is 1. The Labute approximate surface area is 154 Å². The number of hydrogen-bond acceptors (Lipinski definition) is 1. The number of rotatable bonds is 1. The Hall–Kier alpha value is -2.33. The highest BCUT2D eigenvalue weighted by Crippen LogP contribution is 2.28. The van der Waals surface area contributed by atoms with Gasteiger partial charge in [0.2, 0.25) is 0 Å². The third-order valence-electron chi connectivity index (χ3n) is 5.25. The number of H-pyrrole nitrogens is 1. The summed E-state index contributed by atoms with van der Waals surface area (Å²) in [6.45, 7) is 8.20. The lowest BCUT2D eigenvalue weighted by molar-refractivity contribution is 0.396. The average molecular weight is 350 g/mol. The molecule has 0 aliphatic carbocycles. The third kappa shape index (κ3) is 2.91. The summed E-state index contributed by atoms with van der Waals surface area (Å²) in [5, 5.41) is 5.61. The molecule has 0 radical (unpaired) electrons. The van der Waals surface area contributed by atoms with Gasteiger partial charge in [-0.25, -0.2) is 0 Å². The van der Waals surface area contributed by atoms with Crippen molar-refractivity contribution >= 4 is 33.9 Å². The van der Waals surface area contributed by atoms with E-state index in [1.165, 1.54) is 38.9 Å². The molecular weight excluding hydrogens is 326 g/mol. The molecule has 2 aromatic carbocycles. The van der Waals surface area contributed by atoms with Crippen LogP contribution >= 0.6 is 12.2 Å². The number of aryl methyl sites for hydroxylation is 3. The Balaban J connectivity index is 1.55. The zero-order valence-corrected chi connectivity index (χ0v) is 15.8. The third-order valence-corrected chi connectivity index (χ3v) is 5.61.